The lowest BCUT2D eigenvalue weighted by Gasteiger charge is -2.14. The number of nitrogens with zero attached hydrogens (tertiary/aromatic N) is 2. The van der Waals surface area contributed by atoms with Crippen molar-refractivity contribution in [2.24, 2.45) is 5.10 Å². The smallest absolute Gasteiger partial charge is 0.270 e. The average Bonchev–Trinajstić information content (AvgIpc) is 2.73. The normalized spacial score (nSPS) is 11.5. The minimum Gasteiger partial charge on any atom is -0.506 e. The van der Waals surface area contributed by atoms with Crippen molar-refractivity contribution >= 4 is 65.2 Å². The molecule has 12 heteroatoms. The van der Waals surface area contributed by atoms with Gasteiger partial charge in [-0.1, -0.05) is 33.6 Å². The van der Waals surface area contributed by atoms with Gasteiger partial charge in [-0.15, -0.1) is 0 Å². The Morgan fingerprint density at radius 2 is 1.76 bits per heavy atom. The lowest BCUT2D eigenvalue weighted by atomic mass is 10.1. The Morgan fingerprint density at radius 3 is 2.42 bits per heavy atom. The molecule has 3 N–H and O–H groups in total. The van der Waals surface area contributed by atoms with E-state index in [1.165, 1.54) is 18.3 Å². The highest BCUT2D eigenvalue weighted by Gasteiger charge is 2.23. The van der Waals surface area contributed by atoms with Gasteiger partial charge in [0.25, 0.3) is 15.7 Å². The van der Waals surface area contributed by atoms with Crippen molar-refractivity contribution in [3.8, 4) is 5.75 Å². The number of phenols is 1. The molecule has 3 aromatic rings. The van der Waals surface area contributed by atoms with E-state index in [-0.39, 0.29) is 22.0 Å². The zero-order valence-electron chi connectivity index (χ0n) is 17.3. The van der Waals surface area contributed by atoms with Crippen LogP contribution in [0.3, 0.4) is 0 Å². The number of nitro benzene ring substituents is 1. The second-order valence-electron chi connectivity index (χ2n) is 7.06. The molecule has 172 valence electrons. The maximum Gasteiger partial charge on any atom is 0.270 e. The minimum absolute atomic E-state index is 0.0164. The Labute approximate surface area is 207 Å². The molecule has 0 bridgehead atoms. The first-order valence-corrected chi connectivity index (χ1v) is 12.4. The van der Waals surface area contributed by atoms with Crippen LogP contribution < -0.4 is 10.1 Å². The molecule has 0 atom stereocenters. The number of halogens is 2. The van der Waals surface area contributed by atoms with Crippen LogP contribution in [-0.4, -0.2) is 24.7 Å². The van der Waals surface area contributed by atoms with Crippen molar-refractivity contribution in [2.45, 2.75) is 18.7 Å². The van der Waals surface area contributed by atoms with Crippen molar-refractivity contribution in [2.75, 3.05) is 10.1 Å². The van der Waals surface area contributed by atoms with Gasteiger partial charge in [-0.2, -0.15) is 5.10 Å². The summed E-state index contributed by atoms with van der Waals surface area (Å²) < 4.78 is 29.9. The summed E-state index contributed by atoms with van der Waals surface area (Å²) >= 11 is 6.53. The van der Waals surface area contributed by atoms with Crippen LogP contribution in [0.5, 0.6) is 5.75 Å². The maximum atomic E-state index is 13.1. The Morgan fingerprint density at radius 1 is 1.06 bits per heavy atom. The number of hydrogen-bond acceptors (Lipinski definition) is 7. The van der Waals surface area contributed by atoms with E-state index < -0.39 is 14.9 Å². The van der Waals surface area contributed by atoms with Gasteiger partial charge in [-0.05, 0) is 59.6 Å². The number of phenolic OH excluding ortho intramolecular Hbond substituents is 1. The third-order valence-electron chi connectivity index (χ3n) is 4.54. The third kappa shape index (κ3) is 5.89. The molecule has 0 aliphatic carbocycles. The standard InChI is InChI=1S/C21H18Br2N4O5S/c1-12-3-5-18(13(2)7-12)26-33(31,32)20-10-16(27(29)30)4-6-19(20)25-24-11-14-8-15(22)9-17(23)21(14)28/h3-11,25-26,28H,1-2H3/b24-11+. The van der Waals surface area contributed by atoms with Gasteiger partial charge in [-0.3, -0.25) is 20.3 Å². The third-order valence-corrected chi connectivity index (χ3v) is 7.01. The van der Waals surface area contributed by atoms with E-state index in [0.29, 0.717) is 25.8 Å². The molecule has 0 heterocycles. The fraction of sp³-hybridized carbons (Fsp3) is 0.0952. The van der Waals surface area contributed by atoms with Gasteiger partial charge in [0, 0.05) is 22.2 Å². The Hall–Kier alpha value is -2.96. The van der Waals surface area contributed by atoms with Crippen LogP contribution in [0.2, 0.25) is 0 Å². The summed E-state index contributed by atoms with van der Waals surface area (Å²) in [4.78, 5) is 10.2. The van der Waals surface area contributed by atoms with Crippen LogP contribution in [0.4, 0.5) is 17.1 Å². The van der Waals surface area contributed by atoms with Gasteiger partial charge >= 0.3 is 0 Å². The van der Waals surface area contributed by atoms with Crippen LogP contribution in [0.25, 0.3) is 0 Å². The second kappa shape index (κ2) is 9.89. The first kappa shape index (κ1) is 24.7. The summed E-state index contributed by atoms with van der Waals surface area (Å²) in [7, 11) is -4.21. The van der Waals surface area contributed by atoms with E-state index in [2.05, 4.69) is 47.1 Å². The number of hydrogen-bond donors (Lipinski definition) is 3. The molecule has 9 nitrogen and oxygen atoms in total. The predicted octanol–water partition coefficient (Wildman–Crippen LogP) is 5.69. The van der Waals surface area contributed by atoms with Crippen molar-refractivity contribution < 1.29 is 18.4 Å². The molecule has 0 unspecified atom stereocenters. The summed E-state index contributed by atoms with van der Waals surface area (Å²) in [6.45, 7) is 3.64. The Balaban J connectivity index is 1.99. The van der Waals surface area contributed by atoms with E-state index >= 15 is 0 Å². The number of nitro groups is 1. The van der Waals surface area contributed by atoms with E-state index in [4.69, 9.17) is 0 Å². The number of nitrogens with one attached hydrogen (secondary N) is 2. The van der Waals surface area contributed by atoms with Gasteiger partial charge < -0.3 is 5.11 Å². The monoisotopic (exact) mass is 596 g/mol. The molecular weight excluding hydrogens is 580 g/mol. The molecular formula is C21H18Br2N4O5S. The highest BCUT2D eigenvalue weighted by atomic mass is 79.9. The molecule has 0 saturated carbocycles. The molecule has 0 radical (unpaired) electrons. The summed E-state index contributed by atoms with van der Waals surface area (Å²) in [5, 5.41) is 25.4. The Bertz CT molecular complexity index is 1380. The fourth-order valence-corrected chi connectivity index (χ4v) is 5.49. The Kier molecular flexibility index (Phi) is 7.40. The number of benzene rings is 3. The van der Waals surface area contributed by atoms with Gasteiger partial charge in [-0.25, -0.2) is 8.42 Å². The zero-order valence-corrected chi connectivity index (χ0v) is 21.3. The molecule has 0 aromatic heterocycles. The van der Waals surface area contributed by atoms with Crippen molar-refractivity contribution in [3.05, 3.63) is 84.3 Å². The maximum absolute atomic E-state index is 13.1. The van der Waals surface area contributed by atoms with Crippen LogP contribution in [-0.2, 0) is 10.0 Å². The zero-order chi connectivity index (χ0) is 24.3. The van der Waals surface area contributed by atoms with Gasteiger partial charge in [0.1, 0.15) is 10.6 Å². The molecule has 3 rings (SSSR count). The van der Waals surface area contributed by atoms with Crippen LogP contribution in [0.1, 0.15) is 16.7 Å². The van der Waals surface area contributed by atoms with Crippen LogP contribution in [0, 0.1) is 24.0 Å². The van der Waals surface area contributed by atoms with Crippen LogP contribution in [0.15, 0.2) is 67.5 Å². The first-order chi connectivity index (χ1) is 15.5. The molecule has 0 aliphatic heterocycles. The average molecular weight is 598 g/mol. The fourth-order valence-electron chi connectivity index (χ4n) is 2.92. The van der Waals surface area contributed by atoms with Crippen molar-refractivity contribution in [1.29, 1.82) is 0 Å². The van der Waals surface area contributed by atoms with Gasteiger partial charge in [0.15, 0.2) is 0 Å². The van der Waals surface area contributed by atoms with Gasteiger partial charge in [0.05, 0.1) is 27.0 Å². The first-order valence-electron chi connectivity index (χ1n) is 9.33. The van der Waals surface area contributed by atoms with Crippen molar-refractivity contribution in [3.63, 3.8) is 0 Å². The number of aromatic hydroxyl groups is 1. The molecule has 0 amide bonds. The molecule has 3 aromatic carbocycles. The highest BCUT2D eigenvalue weighted by molar-refractivity contribution is 9.11. The predicted molar refractivity (Wildman–Crippen MR) is 135 cm³/mol. The van der Waals surface area contributed by atoms with Crippen LogP contribution >= 0.6 is 31.9 Å². The minimum atomic E-state index is -4.21. The molecule has 0 saturated heterocycles. The van der Waals surface area contributed by atoms with E-state index in [9.17, 15) is 23.6 Å². The van der Waals surface area contributed by atoms with Crippen molar-refractivity contribution in [1.82, 2.24) is 0 Å². The molecule has 0 fully saturated rings. The highest BCUT2D eigenvalue weighted by Crippen LogP contribution is 2.32. The number of hydrazone groups is 1. The quantitative estimate of drug-likeness (QED) is 0.182. The number of non-ortho nitro benzene ring substituents is 1. The van der Waals surface area contributed by atoms with E-state index in [0.717, 1.165) is 11.6 Å². The number of aryl methyl sites for hydroxylation is 2. The lowest BCUT2D eigenvalue weighted by Crippen LogP contribution is -2.16. The van der Waals surface area contributed by atoms with E-state index in [1.54, 1.807) is 31.2 Å². The van der Waals surface area contributed by atoms with Gasteiger partial charge in [0.2, 0.25) is 0 Å². The summed E-state index contributed by atoms with van der Waals surface area (Å²) in [5.74, 6) is -0.0585. The number of sulfonamides is 1. The molecule has 0 aliphatic rings. The van der Waals surface area contributed by atoms with E-state index in [1.807, 2.05) is 13.0 Å². The molecule has 0 spiro atoms. The second-order valence-corrected chi connectivity index (χ2v) is 10.5. The SMILES string of the molecule is Cc1ccc(NS(=O)(=O)c2cc([N+](=O)[O-])ccc2N/N=C/c2cc(Br)cc(Br)c2O)c(C)c1. The lowest BCUT2D eigenvalue weighted by molar-refractivity contribution is -0.385. The summed E-state index contributed by atoms with van der Waals surface area (Å²) in [6, 6.07) is 11.8. The number of rotatable bonds is 7. The summed E-state index contributed by atoms with van der Waals surface area (Å²) in [5.41, 5.74) is 4.59. The summed E-state index contributed by atoms with van der Waals surface area (Å²) in [6.07, 6.45) is 1.29. The number of anilines is 2. The topological polar surface area (TPSA) is 134 Å². The molecule has 33 heavy (non-hydrogen) atoms. The largest absolute Gasteiger partial charge is 0.506 e.